The molecule has 84 valence electrons. The molecule has 0 bridgehead atoms. The molecule has 0 fully saturated rings. The van der Waals surface area contributed by atoms with E-state index in [0.717, 1.165) is 17.5 Å². The highest BCUT2D eigenvalue weighted by atomic mass is 32.1. The van der Waals surface area contributed by atoms with Gasteiger partial charge in [0.2, 0.25) is 0 Å². The molecule has 1 unspecified atom stereocenters. The van der Waals surface area contributed by atoms with Gasteiger partial charge in [-0.25, -0.2) is 9.98 Å². The van der Waals surface area contributed by atoms with Gasteiger partial charge in [0.1, 0.15) is 0 Å². The van der Waals surface area contributed by atoms with Gasteiger partial charge in [-0.1, -0.05) is 0 Å². The molecule has 0 spiro atoms. The second-order valence-electron chi connectivity index (χ2n) is 3.01. The Morgan fingerprint density at radius 2 is 2.38 bits per heavy atom. The van der Waals surface area contributed by atoms with E-state index in [1.54, 1.807) is 5.38 Å². The zero-order chi connectivity index (χ0) is 11.8. The molecular weight excluding hydrogens is 232 g/mol. The van der Waals surface area contributed by atoms with E-state index in [9.17, 15) is 15.0 Å². The van der Waals surface area contributed by atoms with Crippen LogP contribution in [0.25, 0.3) is 0 Å². The monoisotopic (exact) mass is 240 g/mol. The zero-order valence-corrected chi connectivity index (χ0v) is 8.73. The summed E-state index contributed by atoms with van der Waals surface area (Å²) in [5, 5.41) is 23.7. The van der Waals surface area contributed by atoms with E-state index in [2.05, 4.69) is 15.3 Å². The maximum Gasteiger partial charge on any atom is 0.290 e. The Kier molecular flexibility index (Phi) is 2.37. The van der Waals surface area contributed by atoms with E-state index < -0.39 is 23.2 Å². The topological polar surface area (TPSA) is 121 Å². The predicted molar refractivity (Wildman–Crippen MR) is 56.5 cm³/mol. The number of thiazole rings is 1. The van der Waals surface area contributed by atoms with Crippen molar-refractivity contribution < 1.29 is 15.0 Å². The number of primary amides is 1. The highest BCUT2D eigenvalue weighted by molar-refractivity contribution is 7.09. The first-order chi connectivity index (χ1) is 7.53. The summed E-state index contributed by atoms with van der Waals surface area (Å²) in [6.07, 6.45) is 2.53. The van der Waals surface area contributed by atoms with Gasteiger partial charge in [0.05, 0.1) is 0 Å². The van der Waals surface area contributed by atoms with Crippen LogP contribution in [0.3, 0.4) is 0 Å². The number of hydrogen-bond donors (Lipinski definition) is 4. The number of hydrogen-bond acceptors (Lipinski definition) is 7. The molecule has 0 aliphatic carbocycles. The lowest BCUT2D eigenvalue weighted by molar-refractivity contribution is -0.112. The van der Waals surface area contributed by atoms with Gasteiger partial charge in [-0.05, 0) is 0 Å². The Labute approximate surface area is 94.0 Å². The lowest BCUT2D eigenvalue weighted by atomic mass is 10.2. The second kappa shape index (κ2) is 3.58. The Balaban J connectivity index is 2.44. The summed E-state index contributed by atoms with van der Waals surface area (Å²) in [5.74, 6) is -3.20. The quantitative estimate of drug-likeness (QED) is 0.538. The number of carbonyl (C=O) groups excluding carboxylic acids is 1. The molecule has 5 N–H and O–H groups in total. The standard InChI is InChI=1S/C8H8N4O3S/c9-6(14)5-4(13)3-11-8(15,12-5)7-10-1-2-16-7/h1-3,11,13,15H,(H2,9,14). The van der Waals surface area contributed by atoms with Crippen LogP contribution in [-0.4, -0.2) is 26.8 Å². The molecule has 16 heavy (non-hydrogen) atoms. The second-order valence-corrected chi connectivity index (χ2v) is 3.90. The number of aliphatic hydroxyl groups excluding tert-OH is 1. The van der Waals surface area contributed by atoms with Crippen molar-refractivity contribution in [2.45, 2.75) is 5.85 Å². The normalized spacial score (nSPS) is 24.3. The maximum atomic E-state index is 11.0. The fourth-order valence-electron chi connectivity index (χ4n) is 1.18. The average molecular weight is 240 g/mol. The summed E-state index contributed by atoms with van der Waals surface area (Å²) >= 11 is 1.15. The van der Waals surface area contributed by atoms with Crippen LogP contribution in [0, 0.1) is 0 Å². The number of nitrogens with zero attached hydrogens (tertiary/aromatic N) is 2. The number of amides is 1. The summed E-state index contributed by atoms with van der Waals surface area (Å²) in [6, 6.07) is 0. The number of aliphatic imine (C=N–C) groups is 1. The first kappa shape index (κ1) is 10.6. The number of carbonyl (C=O) groups is 1. The van der Waals surface area contributed by atoms with Crippen molar-refractivity contribution >= 4 is 23.0 Å². The summed E-state index contributed by atoms with van der Waals surface area (Å²) in [7, 11) is 0. The summed E-state index contributed by atoms with van der Waals surface area (Å²) in [5.41, 5.74) is 4.61. The first-order valence-electron chi connectivity index (χ1n) is 4.22. The highest BCUT2D eigenvalue weighted by Crippen LogP contribution is 2.25. The summed E-state index contributed by atoms with van der Waals surface area (Å²) in [6.45, 7) is 0. The summed E-state index contributed by atoms with van der Waals surface area (Å²) in [4.78, 5) is 18.5. The summed E-state index contributed by atoms with van der Waals surface area (Å²) < 4.78 is 0. The van der Waals surface area contributed by atoms with Crippen LogP contribution in [0.5, 0.6) is 0 Å². The minimum atomic E-state index is -1.86. The molecule has 7 nitrogen and oxygen atoms in total. The molecule has 1 aromatic rings. The van der Waals surface area contributed by atoms with Crippen LogP contribution >= 0.6 is 11.3 Å². The van der Waals surface area contributed by atoms with Crippen LogP contribution in [-0.2, 0) is 10.6 Å². The molecule has 2 heterocycles. The predicted octanol–water partition coefficient (Wildman–Crippen LogP) is -0.825. The first-order valence-corrected chi connectivity index (χ1v) is 5.10. The molecule has 0 aromatic carbocycles. The van der Waals surface area contributed by atoms with Crippen molar-refractivity contribution in [1.29, 1.82) is 0 Å². The van der Waals surface area contributed by atoms with E-state index in [-0.39, 0.29) is 5.01 Å². The third kappa shape index (κ3) is 1.64. The fraction of sp³-hybridized carbons (Fsp3) is 0.125. The van der Waals surface area contributed by atoms with Crippen LogP contribution < -0.4 is 11.1 Å². The average Bonchev–Trinajstić information content (AvgIpc) is 2.75. The van der Waals surface area contributed by atoms with Crippen molar-refractivity contribution in [3.8, 4) is 0 Å². The van der Waals surface area contributed by atoms with Gasteiger partial charge in [0.25, 0.3) is 11.8 Å². The zero-order valence-electron chi connectivity index (χ0n) is 7.91. The van der Waals surface area contributed by atoms with Crippen LogP contribution in [0.1, 0.15) is 5.01 Å². The molecule has 1 aliphatic heterocycles. The Hall–Kier alpha value is -1.93. The van der Waals surface area contributed by atoms with E-state index >= 15 is 0 Å². The Bertz CT molecular complexity index is 481. The van der Waals surface area contributed by atoms with Crippen LogP contribution in [0.2, 0.25) is 0 Å². The Morgan fingerprint density at radius 1 is 1.62 bits per heavy atom. The number of aromatic nitrogens is 1. The smallest absolute Gasteiger partial charge is 0.290 e. The number of nitrogens with two attached hydrogens (primary N) is 1. The molecular formula is C8H8N4O3S. The van der Waals surface area contributed by atoms with Gasteiger partial charge >= 0.3 is 0 Å². The molecule has 0 radical (unpaired) electrons. The number of nitrogens with one attached hydrogen (secondary N) is 1. The molecule has 1 aliphatic rings. The number of rotatable bonds is 2. The molecule has 1 amide bonds. The van der Waals surface area contributed by atoms with Crippen molar-refractivity contribution in [2.24, 2.45) is 10.7 Å². The van der Waals surface area contributed by atoms with E-state index in [4.69, 9.17) is 5.73 Å². The maximum absolute atomic E-state index is 11.0. The van der Waals surface area contributed by atoms with Gasteiger partial charge in [-0.3, -0.25) is 4.79 Å². The van der Waals surface area contributed by atoms with Crippen LogP contribution in [0.15, 0.2) is 28.5 Å². The molecule has 0 saturated heterocycles. The minimum absolute atomic E-state index is 0.245. The van der Waals surface area contributed by atoms with Crippen LogP contribution in [0.4, 0.5) is 0 Å². The number of aliphatic hydroxyl groups is 2. The van der Waals surface area contributed by atoms with Gasteiger partial charge in [-0.15, -0.1) is 11.3 Å². The van der Waals surface area contributed by atoms with Crippen molar-refractivity contribution in [1.82, 2.24) is 10.3 Å². The van der Waals surface area contributed by atoms with E-state index in [0.29, 0.717) is 0 Å². The minimum Gasteiger partial charge on any atom is -0.504 e. The fourth-order valence-corrected chi connectivity index (χ4v) is 1.82. The van der Waals surface area contributed by atoms with Gasteiger partial charge in [0.15, 0.2) is 16.5 Å². The SMILES string of the molecule is NC(=O)C1=NC(O)(c2nccs2)NC=C1O. The third-order valence-corrected chi connectivity index (χ3v) is 2.76. The molecule has 0 saturated carbocycles. The largest absolute Gasteiger partial charge is 0.504 e. The Morgan fingerprint density at radius 3 is 2.94 bits per heavy atom. The van der Waals surface area contributed by atoms with Crippen molar-refractivity contribution in [3.05, 3.63) is 28.5 Å². The van der Waals surface area contributed by atoms with Crippen molar-refractivity contribution in [2.75, 3.05) is 0 Å². The molecule has 1 aromatic heterocycles. The molecule has 2 rings (SSSR count). The van der Waals surface area contributed by atoms with E-state index in [1.807, 2.05) is 0 Å². The third-order valence-electron chi connectivity index (χ3n) is 1.89. The van der Waals surface area contributed by atoms with Gasteiger partial charge in [0, 0.05) is 17.8 Å². The lowest BCUT2D eigenvalue weighted by Crippen LogP contribution is -2.44. The van der Waals surface area contributed by atoms with Crippen molar-refractivity contribution in [3.63, 3.8) is 0 Å². The highest BCUT2D eigenvalue weighted by Gasteiger charge is 2.36. The molecule has 1 atom stereocenters. The van der Waals surface area contributed by atoms with E-state index in [1.165, 1.54) is 6.20 Å². The lowest BCUT2D eigenvalue weighted by Gasteiger charge is -2.25. The van der Waals surface area contributed by atoms with Gasteiger partial charge in [-0.2, -0.15) is 0 Å². The molecule has 8 heteroatoms. The van der Waals surface area contributed by atoms with Gasteiger partial charge < -0.3 is 21.3 Å².